The first-order valence-corrected chi connectivity index (χ1v) is 6.00. The highest BCUT2D eigenvalue weighted by molar-refractivity contribution is 5.88. The zero-order chi connectivity index (χ0) is 14.8. The van der Waals surface area contributed by atoms with Crippen LogP contribution in [0, 0.1) is 0 Å². The van der Waals surface area contributed by atoms with Crippen molar-refractivity contribution in [1.82, 2.24) is 15.2 Å². The molecule has 0 atom stereocenters. The summed E-state index contributed by atoms with van der Waals surface area (Å²) < 4.78 is 5.44. The van der Waals surface area contributed by atoms with Crippen LogP contribution in [0.4, 0.5) is 0 Å². The number of aromatic carboxylic acids is 1. The van der Waals surface area contributed by atoms with Gasteiger partial charge in [0, 0.05) is 24.0 Å². The molecule has 0 aliphatic carbocycles. The number of hydrogen-bond donors (Lipinski definition) is 2. The Morgan fingerprint density at radius 1 is 1.19 bits per heavy atom. The van der Waals surface area contributed by atoms with Crippen molar-refractivity contribution in [3.05, 3.63) is 58.5 Å². The first-order valence-electron chi connectivity index (χ1n) is 6.00. The van der Waals surface area contributed by atoms with Crippen LogP contribution in [-0.2, 0) is 0 Å². The van der Waals surface area contributed by atoms with Crippen molar-refractivity contribution in [2.24, 2.45) is 0 Å². The molecule has 0 spiro atoms. The van der Waals surface area contributed by atoms with Gasteiger partial charge in [-0.2, -0.15) is 0 Å². The lowest BCUT2D eigenvalue weighted by molar-refractivity contribution is 0.0697. The molecule has 104 valence electrons. The molecular weight excluding hydrogens is 274 g/mol. The molecule has 0 radical (unpaired) electrons. The Morgan fingerprint density at radius 2 is 2.00 bits per heavy atom. The SMILES string of the molecule is O=C(O)c1cccc(-c2nnc(-c3c[nH]ccc3=O)o2)c1. The van der Waals surface area contributed by atoms with Crippen molar-refractivity contribution < 1.29 is 14.3 Å². The topological polar surface area (TPSA) is 109 Å². The summed E-state index contributed by atoms with van der Waals surface area (Å²) in [6, 6.07) is 7.47. The van der Waals surface area contributed by atoms with Crippen LogP contribution in [-0.4, -0.2) is 26.3 Å². The van der Waals surface area contributed by atoms with Gasteiger partial charge in [0.25, 0.3) is 5.89 Å². The third kappa shape index (κ3) is 2.44. The van der Waals surface area contributed by atoms with Gasteiger partial charge in [0.15, 0.2) is 5.43 Å². The lowest BCUT2D eigenvalue weighted by Gasteiger charge is -1.97. The average Bonchev–Trinajstić information content (AvgIpc) is 2.97. The van der Waals surface area contributed by atoms with Gasteiger partial charge in [0.2, 0.25) is 5.89 Å². The second kappa shape index (κ2) is 5.04. The van der Waals surface area contributed by atoms with Crippen LogP contribution in [0.2, 0.25) is 0 Å². The van der Waals surface area contributed by atoms with Crippen LogP contribution in [0.1, 0.15) is 10.4 Å². The summed E-state index contributed by atoms with van der Waals surface area (Å²) >= 11 is 0. The number of nitrogens with one attached hydrogen (secondary N) is 1. The Morgan fingerprint density at radius 3 is 2.76 bits per heavy atom. The molecule has 0 amide bonds. The van der Waals surface area contributed by atoms with Crippen LogP contribution >= 0.6 is 0 Å². The average molecular weight is 283 g/mol. The number of aromatic amines is 1. The van der Waals surface area contributed by atoms with Gasteiger partial charge in [0.1, 0.15) is 5.56 Å². The third-order valence-corrected chi connectivity index (χ3v) is 2.84. The summed E-state index contributed by atoms with van der Waals surface area (Å²) in [6.07, 6.45) is 2.97. The zero-order valence-corrected chi connectivity index (χ0v) is 10.6. The second-order valence-electron chi connectivity index (χ2n) is 4.22. The summed E-state index contributed by atoms with van der Waals surface area (Å²) in [5.41, 5.74) is 0.597. The quantitative estimate of drug-likeness (QED) is 0.758. The van der Waals surface area contributed by atoms with Crippen molar-refractivity contribution in [3.63, 3.8) is 0 Å². The minimum Gasteiger partial charge on any atom is -0.478 e. The number of aromatic nitrogens is 3. The van der Waals surface area contributed by atoms with Crippen molar-refractivity contribution in [1.29, 1.82) is 0 Å². The van der Waals surface area contributed by atoms with Crippen molar-refractivity contribution in [2.45, 2.75) is 0 Å². The van der Waals surface area contributed by atoms with E-state index in [-0.39, 0.29) is 28.3 Å². The Bertz CT molecular complexity index is 866. The Balaban J connectivity index is 2.03. The smallest absolute Gasteiger partial charge is 0.335 e. The minimum absolute atomic E-state index is 0.0765. The van der Waals surface area contributed by atoms with E-state index in [0.29, 0.717) is 5.56 Å². The number of carboxylic acids is 1. The predicted octanol–water partition coefficient (Wildman–Crippen LogP) is 1.79. The van der Waals surface area contributed by atoms with Gasteiger partial charge >= 0.3 is 5.97 Å². The second-order valence-corrected chi connectivity index (χ2v) is 4.22. The Labute approximate surface area is 117 Å². The van der Waals surface area contributed by atoms with Crippen LogP contribution < -0.4 is 5.43 Å². The number of nitrogens with zero attached hydrogens (tertiary/aromatic N) is 2. The highest BCUT2D eigenvalue weighted by atomic mass is 16.4. The van der Waals surface area contributed by atoms with E-state index in [2.05, 4.69) is 15.2 Å². The van der Waals surface area contributed by atoms with E-state index < -0.39 is 5.97 Å². The van der Waals surface area contributed by atoms with Gasteiger partial charge in [-0.1, -0.05) is 6.07 Å². The van der Waals surface area contributed by atoms with E-state index >= 15 is 0 Å². The molecule has 0 saturated carbocycles. The number of carboxylic acid groups (broad SMARTS) is 1. The zero-order valence-electron chi connectivity index (χ0n) is 10.6. The molecule has 21 heavy (non-hydrogen) atoms. The maximum Gasteiger partial charge on any atom is 0.335 e. The Hall–Kier alpha value is -3.22. The summed E-state index contributed by atoms with van der Waals surface area (Å²) in [5.74, 6) is -0.819. The number of carbonyl (C=O) groups is 1. The molecule has 1 aromatic carbocycles. The Kier molecular flexibility index (Phi) is 3.07. The number of rotatable bonds is 3. The van der Waals surface area contributed by atoms with Crippen molar-refractivity contribution >= 4 is 5.97 Å². The van der Waals surface area contributed by atoms with Crippen molar-refractivity contribution in [3.8, 4) is 22.9 Å². The summed E-state index contributed by atoms with van der Waals surface area (Å²) in [4.78, 5) is 25.4. The molecule has 0 aliphatic rings. The number of pyridine rings is 1. The van der Waals surface area contributed by atoms with Gasteiger partial charge in [-0.25, -0.2) is 4.79 Å². The maximum absolute atomic E-state index is 11.7. The van der Waals surface area contributed by atoms with Crippen molar-refractivity contribution in [2.75, 3.05) is 0 Å². The molecule has 0 bridgehead atoms. The highest BCUT2D eigenvalue weighted by Crippen LogP contribution is 2.22. The van der Waals surface area contributed by atoms with Gasteiger partial charge in [-0.3, -0.25) is 4.79 Å². The van der Waals surface area contributed by atoms with Gasteiger partial charge in [0.05, 0.1) is 5.56 Å². The minimum atomic E-state index is -1.05. The van der Waals surface area contributed by atoms with E-state index in [1.54, 1.807) is 12.1 Å². The third-order valence-electron chi connectivity index (χ3n) is 2.84. The van der Waals surface area contributed by atoms with E-state index in [9.17, 15) is 9.59 Å². The van der Waals surface area contributed by atoms with Crippen LogP contribution in [0.15, 0.2) is 51.9 Å². The molecule has 0 aliphatic heterocycles. The van der Waals surface area contributed by atoms with Gasteiger partial charge < -0.3 is 14.5 Å². The lowest BCUT2D eigenvalue weighted by Crippen LogP contribution is -2.02. The summed E-state index contributed by atoms with van der Waals surface area (Å²) in [7, 11) is 0. The molecule has 0 unspecified atom stereocenters. The van der Waals surface area contributed by atoms with Gasteiger partial charge in [-0.15, -0.1) is 10.2 Å². The fraction of sp³-hybridized carbons (Fsp3) is 0. The standard InChI is InChI=1S/C14H9N3O4/c18-11-4-5-15-7-10(11)13-17-16-12(21-13)8-2-1-3-9(6-8)14(19)20/h1-7H,(H,15,18)(H,19,20). The molecule has 2 heterocycles. The number of H-pyrrole nitrogens is 1. The number of hydrogen-bond acceptors (Lipinski definition) is 5. The van der Waals surface area contributed by atoms with Crippen LogP contribution in [0.3, 0.4) is 0 Å². The first kappa shape index (κ1) is 12.8. The lowest BCUT2D eigenvalue weighted by atomic mass is 10.1. The predicted molar refractivity (Wildman–Crippen MR) is 72.8 cm³/mol. The molecule has 0 fully saturated rings. The molecule has 2 N–H and O–H groups in total. The van der Waals surface area contributed by atoms with E-state index in [1.165, 1.54) is 30.6 Å². The van der Waals surface area contributed by atoms with E-state index in [4.69, 9.17) is 9.52 Å². The fourth-order valence-corrected chi connectivity index (χ4v) is 1.82. The molecule has 7 heteroatoms. The van der Waals surface area contributed by atoms with E-state index in [0.717, 1.165) is 0 Å². The first-order chi connectivity index (χ1) is 10.1. The summed E-state index contributed by atoms with van der Waals surface area (Å²) in [5, 5.41) is 16.6. The van der Waals surface area contributed by atoms with Crippen LogP contribution in [0.25, 0.3) is 22.9 Å². The largest absolute Gasteiger partial charge is 0.478 e. The molecule has 0 saturated heterocycles. The molecule has 3 rings (SSSR count). The van der Waals surface area contributed by atoms with Crippen LogP contribution in [0.5, 0.6) is 0 Å². The normalized spacial score (nSPS) is 10.5. The number of benzene rings is 1. The molecule has 7 nitrogen and oxygen atoms in total. The fourth-order valence-electron chi connectivity index (χ4n) is 1.82. The molecule has 2 aromatic heterocycles. The maximum atomic E-state index is 11.7. The van der Waals surface area contributed by atoms with Gasteiger partial charge in [-0.05, 0) is 18.2 Å². The highest BCUT2D eigenvalue weighted by Gasteiger charge is 2.14. The monoisotopic (exact) mass is 283 g/mol. The van der Waals surface area contributed by atoms with E-state index in [1.807, 2.05) is 0 Å². The summed E-state index contributed by atoms with van der Waals surface area (Å²) in [6.45, 7) is 0. The molecular formula is C14H9N3O4. The molecule has 3 aromatic rings.